The SMILES string of the molecule is O=C(c1cc2c([nH]1)CCCC2)N1CCCCC1. The molecule has 0 bridgehead atoms. The summed E-state index contributed by atoms with van der Waals surface area (Å²) in [5, 5.41) is 0. The number of nitrogens with zero attached hydrogens (tertiary/aromatic N) is 1. The molecule has 3 rings (SSSR count). The predicted octanol–water partition coefficient (Wildman–Crippen LogP) is 2.52. The van der Waals surface area contributed by atoms with E-state index in [4.69, 9.17) is 0 Å². The Kier molecular flexibility index (Phi) is 2.91. The van der Waals surface area contributed by atoms with Crippen LogP contribution in [0.3, 0.4) is 0 Å². The number of aromatic amines is 1. The standard InChI is InChI=1S/C14H20N2O/c17-14(16-8-4-1-5-9-16)13-10-11-6-2-3-7-12(11)15-13/h10,15H,1-9H2. The molecule has 1 aromatic rings. The number of carbonyl (C=O) groups excluding carboxylic acids is 1. The second kappa shape index (κ2) is 4.55. The zero-order chi connectivity index (χ0) is 11.7. The number of piperidine rings is 1. The van der Waals surface area contributed by atoms with Crippen LogP contribution in [0.4, 0.5) is 0 Å². The van der Waals surface area contributed by atoms with Gasteiger partial charge in [0.15, 0.2) is 0 Å². The molecule has 92 valence electrons. The Morgan fingerprint density at radius 3 is 2.59 bits per heavy atom. The maximum atomic E-state index is 12.3. The number of aryl methyl sites for hydroxylation is 2. The van der Waals surface area contributed by atoms with Crippen LogP contribution in [-0.4, -0.2) is 28.9 Å². The Bertz CT molecular complexity index is 392. The van der Waals surface area contributed by atoms with Crippen LogP contribution in [0.15, 0.2) is 6.07 Å². The van der Waals surface area contributed by atoms with Gasteiger partial charge in [-0.3, -0.25) is 4.79 Å². The molecule has 0 atom stereocenters. The molecule has 2 aliphatic rings. The molecule has 3 nitrogen and oxygen atoms in total. The van der Waals surface area contributed by atoms with Crippen LogP contribution < -0.4 is 0 Å². The lowest BCUT2D eigenvalue weighted by Crippen LogP contribution is -2.35. The normalized spacial score (nSPS) is 20.1. The summed E-state index contributed by atoms with van der Waals surface area (Å²) in [5.41, 5.74) is 3.49. The lowest BCUT2D eigenvalue weighted by atomic mass is 9.98. The fourth-order valence-corrected chi connectivity index (χ4v) is 2.99. The number of hydrogen-bond donors (Lipinski definition) is 1. The van der Waals surface area contributed by atoms with Crippen molar-refractivity contribution in [2.24, 2.45) is 0 Å². The highest BCUT2D eigenvalue weighted by Gasteiger charge is 2.22. The maximum absolute atomic E-state index is 12.3. The van der Waals surface area contributed by atoms with Crippen molar-refractivity contribution in [3.05, 3.63) is 23.0 Å². The van der Waals surface area contributed by atoms with E-state index in [1.807, 2.05) is 4.90 Å². The molecule has 1 aliphatic carbocycles. The van der Waals surface area contributed by atoms with Gasteiger partial charge in [0.25, 0.3) is 5.91 Å². The van der Waals surface area contributed by atoms with Crippen LogP contribution in [0.1, 0.15) is 53.8 Å². The molecule has 1 amide bonds. The van der Waals surface area contributed by atoms with Gasteiger partial charge in [0.05, 0.1) is 0 Å². The third kappa shape index (κ3) is 2.11. The summed E-state index contributed by atoms with van der Waals surface area (Å²) in [7, 11) is 0. The molecule has 1 N–H and O–H groups in total. The van der Waals surface area contributed by atoms with Gasteiger partial charge in [-0.15, -0.1) is 0 Å². The molecule has 3 heteroatoms. The molecular weight excluding hydrogens is 212 g/mol. The van der Waals surface area contributed by atoms with Gasteiger partial charge in [0, 0.05) is 18.8 Å². The maximum Gasteiger partial charge on any atom is 0.270 e. The third-order valence-electron chi connectivity index (χ3n) is 3.99. The topological polar surface area (TPSA) is 36.1 Å². The van der Waals surface area contributed by atoms with Gasteiger partial charge in [-0.25, -0.2) is 0 Å². The Morgan fingerprint density at radius 1 is 1.06 bits per heavy atom. The van der Waals surface area contributed by atoms with Crippen LogP contribution in [0, 0.1) is 0 Å². The zero-order valence-corrected chi connectivity index (χ0v) is 10.3. The molecular formula is C14H20N2O. The Balaban J connectivity index is 1.78. The number of carbonyl (C=O) groups is 1. The number of amides is 1. The highest BCUT2D eigenvalue weighted by atomic mass is 16.2. The number of aromatic nitrogens is 1. The van der Waals surface area contributed by atoms with Crippen LogP contribution in [-0.2, 0) is 12.8 Å². The summed E-state index contributed by atoms with van der Waals surface area (Å²) in [5.74, 6) is 0.208. The summed E-state index contributed by atoms with van der Waals surface area (Å²) in [6, 6.07) is 2.09. The summed E-state index contributed by atoms with van der Waals surface area (Å²) >= 11 is 0. The summed E-state index contributed by atoms with van der Waals surface area (Å²) in [6.45, 7) is 1.87. The van der Waals surface area contributed by atoms with E-state index in [2.05, 4.69) is 11.1 Å². The van der Waals surface area contributed by atoms with Crippen LogP contribution in [0.5, 0.6) is 0 Å². The fourth-order valence-electron chi connectivity index (χ4n) is 2.99. The van der Waals surface area contributed by atoms with Crippen molar-refractivity contribution in [2.45, 2.75) is 44.9 Å². The van der Waals surface area contributed by atoms with Gasteiger partial charge in [-0.05, 0) is 56.6 Å². The minimum atomic E-state index is 0.208. The second-order valence-corrected chi connectivity index (χ2v) is 5.25. The highest BCUT2D eigenvalue weighted by molar-refractivity contribution is 5.93. The van der Waals surface area contributed by atoms with Crippen LogP contribution in [0.2, 0.25) is 0 Å². The molecule has 2 heterocycles. The summed E-state index contributed by atoms with van der Waals surface area (Å²) in [6.07, 6.45) is 8.36. The van der Waals surface area contributed by atoms with E-state index in [-0.39, 0.29) is 5.91 Å². The average molecular weight is 232 g/mol. The first-order valence-electron chi connectivity index (χ1n) is 6.84. The molecule has 0 aromatic carbocycles. The first-order valence-corrected chi connectivity index (χ1v) is 6.84. The van der Waals surface area contributed by atoms with Crippen molar-refractivity contribution in [1.29, 1.82) is 0 Å². The Labute approximate surface area is 102 Å². The van der Waals surface area contributed by atoms with Crippen LogP contribution in [0.25, 0.3) is 0 Å². The Morgan fingerprint density at radius 2 is 1.82 bits per heavy atom. The van der Waals surface area contributed by atoms with Gasteiger partial charge in [-0.2, -0.15) is 0 Å². The molecule has 1 fully saturated rings. The monoisotopic (exact) mass is 232 g/mol. The van der Waals surface area contributed by atoms with Crippen molar-refractivity contribution < 1.29 is 4.79 Å². The minimum absolute atomic E-state index is 0.208. The van der Waals surface area contributed by atoms with Gasteiger partial charge in [-0.1, -0.05) is 0 Å². The van der Waals surface area contributed by atoms with Crippen molar-refractivity contribution in [3.63, 3.8) is 0 Å². The molecule has 0 unspecified atom stereocenters. The Hall–Kier alpha value is -1.25. The summed E-state index contributed by atoms with van der Waals surface area (Å²) < 4.78 is 0. The smallest absolute Gasteiger partial charge is 0.270 e. The van der Waals surface area contributed by atoms with E-state index in [9.17, 15) is 4.79 Å². The molecule has 0 spiro atoms. The number of H-pyrrole nitrogens is 1. The molecule has 1 saturated heterocycles. The van der Waals surface area contributed by atoms with Crippen molar-refractivity contribution >= 4 is 5.91 Å². The largest absolute Gasteiger partial charge is 0.354 e. The quantitative estimate of drug-likeness (QED) is 0.793. The van der Waals surface area contributed by atoms with E-state index < -0.39 is 0 Å². The molecule has 0 radical (unpaired) electrons. The first-order chi connectivity index (χ1) is 8.34. The highest BCUT2D eigenvalue weighted by Crippen LogP contribution is 2.23. The van der Waals surface area contributed by atoms with E-state index >= 15 is 0 Å². The zero-order valence-electron chi connectivity index (χ0n) is 10.3. The van der Waals surface area contributed by atoms with Gasteiger partial charge >= 0.3 is 0 Å². The molecule has 1 aromatic heterocycles. The van der Waals surface area contributed by atoms with E-state index in [0.717, 1.165) is 44.5 Å². The van der Waals surface area contributed by atoms with Gasteiger partial charge in [0.1, 0.15) is 5.69 Å². The predicted molar refractivity (Wildman–Crippen MR) is 67.2 cm³/mol. The molecule has 0 saturated carbocycles. The van der Waals surface area contributed by atoms with Crippen molar-refractivity contribution in [3.8, 4) is 0 Å². The number of likely N-dealkylation sites (tertiary alicyclic amines) is 1. The average Bonchev–Trinajstić information content (AvgIpc) is 2.82. The molecule has 1 aliphatic heterocycles. The lowest BCUT2D eigenvalue weighted by Gasteiger charge is -2.26. The second-order valence-electron chi connectivity index (χ2n) is 5.25. The number of nitrogens with one attached hydrogen (secondary N) is 1. The van der Waals surface area contributed by atoms with Crippen LogP contribution >= 0.6 is 0 Å². The minimum Gasteiger partial charge on any atom is -0.354 e. The number of hydrogen-bond acceptors (Lipinski definition) is 1. The fraction of sp³-hybridized carbons (Fsp3) is 0.643. The van der Waals surface area contributed by atoms with Crippen molar-refractivity contribution in [1.82, 2.24) is 9.88 Å². The number of fused-ring (bicyclic) bond motifs is 1. The van der Waals surface area contributed by atoms with E-state index in [1.165, 1.54) is 30.5 Å². The van der Waals surface area contributed by atoms with Gasteiger partial charge < -0.3 is 9.88 Å². The van der Waals surface area contributed by atoms with Crippen molar-refractivity contribution in [2.75, 3.05) is 13.1 Å². The third-order valence-corrected chi connectivity index (χ3v) is 3.99. The number of rotatable bonds is 1. The van der Waals surface area contributed by atoms with E-state index in [0.29, 0.717) is 0 Å². The lowest BCUT2D eigenvalue weighted by molar-refractivity contribution is 0.0719. The first kappa shape index (κ1) is 10.9. The van der Waals surface area contributed by atoms with E-state index in [1.54, 1.807) is 0 Å². The summed E-state index contributed by atoms with van der Waals surface area (Å²) in [4.78, 5) is 17.7. The van der Waals surface area contributed by atoms with Gasteiger partial charge in [0.2, 0.25) is 0 Å². The molecule has 17 heavy (non-hydrogen) atoms.